The third-order valence-corrected chi connectivity index (χ3v) is 6.22. The van der Waals surface area contributed by atoms with Gasteiger partial charge in [-0.2, -0.15) is 0 Å². The molecule has 1 aromatic heterocycles. The minimum absolute atomic E-state index is 0.00668. The van der Waals surface area contributed by atoms with Crippen molar-refractivity contribution in [2.45, 2.75) is 18.9 Å². The monoisotopic (exact) mass is 435 g/mol. The van der Waals surface area contributed by atoms with Crippen molar-refractivity contribution in [3.8, 4) is 5.75 Å². The van der Waals surface area contributed by atoms with E-state index in [1.807, 2.05) is 41.8 Å². The predicted octanol–water partition coefficient (Wildman–Crippen LogP) is 4.41. The van der Waals surface area contributed by atoms with E-state index in [-0.39, 0.29) is 17.9 Å². The average molecular weight is 436 g/mol. The third-order valence-electron chi connectivity index (χ3n) is 5.35. The lowest BCUT2D eigenvalue weighted by Crippen LogP contribution is -2.48. The number of carbonyl (C=O) groups excluding carboxylic acids is 2. The minimum Gasteiger partial charge on any atom is -0.495 e. The fraction of sp³-hybridized carbons (Fsp3) is 0.250. The van der Waals surface area contributed by atoms with Crippen LogP contribution in [0.4, 0.5) is 11.4 Å². The number of amides is 2. The Labute approximate surface area is 185 Å². The summed E-state index contributed by atoms with van der Waals surface area (Å²) in [6.45, 7) is 1.62. The van der Waals surface area contributed by atoms with Crippen molar-refractivity contribution < 1.29 is 14.3 Å². The van der Waals surface area contributed by atoms with Gasteiger partial charge in [0.25, 0.3) is 11.8 Å². The van der Waals surface area contributed by atoms with Crippen LogP contribution in [0.3, 0.4) is 0 Å². The third kappa shape index (κ3) is 4.88. The number of methoxy groups -OCH3 is 1. The van der Waals surface area contributed by atoms with Crippen LogP contribution in [0.1, 0.15) is 32.9 Å². The number of benzene rings is 2. The quantitative estimate of drug-likeness (QED) is 0.602. The fourth-order valence-electron chi connectivity index (χ4n) is 3.85. The highest BCUT2D eigenvalue weighted by atomic mass is 32.1. The Bertz CT molecular complexity index is 1050. The molecule has 0 saturated carbocycles. The first-order chi connectivity index (χ1) is 15.2. The molecule has 1 saturated heterocycles. The van der Waals surface area contributed by atoms with E-state index in [1.165, 1.54) is 11.3 Å². The first-order valence-electron chi connectivity index (χ1n) is 10.3. The summed E-state index contributed by atoms with van der Waals surface area (Å²) in [7, 11) is 1.67. The van der Waals surface area contributed by atoms with Gasteiger partial charge in [-0.25, -0.2) is 0 Å². The van der Waals surface area contributed by atoms with Crippen molar-refractivity contribution in [2.75, 3.05) is 30.4 Å². The SMILES string of the molecule is COc1ccccc1N1CCCC(NC(=O)c2ccccc2NC(=O)c2cccs2)C1. The van der Waals surface area contributed by atoms with Crippen molar-refractivity contribution in [3.05, 3.63) is 76.5 Å². The summed E-state index contributed by atoms with van der Waals surface area (Å²) in [6, 6.07) is 18.6. The number of nitrogens with one attached hydrogen (secondary N) is 2. The lowest BCUT2D eigenvalue weighted by molar-refractivity contribution is 0.0934. The van der Waals surface area contributed by atoms with Gasteiger partial charge in [-0.1, -0.05) is 30.3 Å². The summed E-state index contributed by atoms with van der Waals surface area (Å²) < 4.78 is 5.50. The molecule has 1 aliphatic rings. The van der Waals surface area contributed by atoms with Crippen molar-refractivity contribution in [1.29, 1.82) is 0 Å². The summed E-state index contributed by atoms with van der Waals surface area (Å²) in [4.78, 5) is 28.4. The largest absolute Gasteiger partial charge is 0.495 e. The maximum absolute atomic E-state index is 13.1. The van der Waals surface area contributed by atoms with Gasteiger partial charge in [0, 0.05) is 19.1 Å². The number of anilines is 2. The Morgan fingerprint density at radius 1 is 1.03 bits per heavy atom. The van der Waals surface area contributed by atoms with Crippen molar-refractivity contribution >= 4 is 34.5 Å². The summed E-state index contributed by atoms with van der Waals surface area (Å²) in [5.41, 5.74) is 2.00. The van der Waals surface area contributed by atoms with E-state index in [1.54, 1.807) is 31.4 Å². The van der Waals surface area contributed by atoms with Gasteiger partial charge in [0.2, 0.25) is 0 Å². The molecule has 1 atom stereocenters. The lowest BCUT2D eigenvalue weighted by atomic mass is 10.0. The second kappa shape index (κ2) is 9.66. The maximum Gasteiger partial charge on any atom is 0.265 e. The van der Waals surface area contributed by atoms with Gasteiger partial charge in [0.05, 0.1) is 28.9 Å². The second-order valence-electron chi connectivity index (χ2n) is 7.41. The van der Waals surface area contributed by atoms with E-state index in [2.05, 4.69) is 15.5 Å². The topological polar surface area (TPSA) is 70.7 Å². The zero-order chi connectivity index (χ0) is 21.6. The van der Waals surface area contributed by atoms with Gasteiger partial charge < -0.3 is 20.3 Å². The Kier molecular flexibility index (Phi) is 6.52. The molecule has 1 fully saturated rings. The molecule has 4 rings (SSSR count). The zero-order valence-corrected chi connectivity index (χ0v) is 18.2. The van der Waals surface area contributed by atoms with E-state index in [4.69, 9.17) is 4.74 Å². The summed E-state index contributed by atoms with van der Waals surface area (Å²) in [5.74, 6) is 0.431. The number of hydrogen-bond acceptors (Lipinski definition) is 5. The molecule has 7 heteroatoms. The second-order valence-corrected chi connectivity index (χ2v) is 8.36. The van der Waals surface area contributed by atoms with Crippen LogP contribution in [-0.2, 0) is 0 Å². The van der Waals surface area contributed by atoms with E-state index in [0.717, 1.165) is 30.8 Å². The van der Waals surface area contributed by atoms with Crippen LogP contribution < -0.4 is 20.3 Å². The predicted molar refractivity (Wildman–Crippen MR) is 124 cm³/mol. The molecule has 0 spiro atoms. The zero-order valence-electron chi connectivity index (χ0n) is 17.3. The Morgan fingerprint density at radius 2 is 1.84 bits per heavy atom. The number of nitrogens with zero attached hydrogens (tertiary/aromatic N) is 1. The number of ether oxygens (including phenoxy) is 1. The molecule has 2 heterocycles. The molecule has 1 unspecified atom stereocenters. The highest BCUT2D eigenvalue weighted by Gasteiger charge is 2.24. The summed E-state index contributed by atoms with van der Waals surface area (Å²) >= 11 is 1.37. The Hall–Kier alpha value is -3.32. The van der Waals surface area contributed by atoms with Crippen LogP contribution in [-0.4, -0.2) is 38.1 Å². The van der Waals surface area contributed by atoms with Crippen LogP contribution >= 0.6 is 11.3 Å². The Balaban J connectivity index is 1.45. The number of carbonyl (C=O) groups is 2. The van der Waals surface area contributed by atoms with Crippen LogP contribution in [0.2, 0.25) is 0 Å². The molecule has 31 heavy (non-hydrogen) atoms. The molecule has 6 nitrogen and oxygen atoms in total. The van der Waals surface area contributed by atoms with Crippen LogP contribution in [0, 0.1) is 0 Å². The molecule has 2 N–H and O–H groups in total. The van der Waals surface area contributed by atoms with Gasteiger partial charge >= 0.3 is 0 Å². The summed E-state index contributed by atoms with van der Waals surface area (Å²) in [6.07, 6.45) is 1.88. The highest BCUT2D eigenvalue weighted by Crippen LogP contribution is 2.30. The number of thiophene rings is 1. The summed E-state index contributed by atoms with van der Waals surface area (Å²) in [5, 5.41) is 7.87. The normalized spacial score (nSPS) is 15.9. The van der Waals surface area contributed by atoms with Gasteiger partial charge in [0.1, 0.15) is 5.75 Å². The van der Waals surface area contributed by atoms with Crippen molar-refractivity contribution in [2.24, 2.45) is 0 Å². The van der Waals surface area contributed by atoms with Gasteiger partial charge in [0.15, 0.2) is 0 Å². The standard InChI is InChI=1S/C24H25N3O3S/c1-30-21-12-5-4-11-20(21)27-14-6-8-17(16-27)25-23(28)18-9-2-3-10-19(18)26-24(29)22-13-7-15-31-22/h2-5,7,9-13,15,17H,6,8,14,16H2,1H3,(H,25,28)(H,26,29). The molecule has 1 aliphatic heterocycles. The number of para-hydroxylation sites is 3. The van der Waals surface area contributed by atoms with E-state index in [9.17, 15) is 9.59 Å². The van der Waals surface area contributed by atoms with E-state index < -0.39 is 0 Å². The van der Waals surface area contributed by atoms with Crippen LogP contribution in [0.25, 0.3) is 0 Å². The number of piperidine rings is 1. The number of rotatable bonds is 6. The highest BCUT2D eigenvalue weighted by molar-refractivity contribution is 7.12. The Morgan fingerprint density at radius 3 is 2.65 bits per heavy atom. The molecular formula is C24H25N3O3S. The van der Waals surface area contributed by atoms with Crippen molar-refractivity contribution in [3.63, 3.8) is 0 Å². The molecule has 2 amide bonds. The van der Waals surface area contributed by atoms with Crippen molar-refractivity contribution in [1.82, 2.24) is 5.32 Å². The molecule has 160 valence electrons. The lowest BCUT2D eigenvalue weighted by Gasteiger charge is -2.35. The molecule has 0 aliphatic carbocycles. The minimum atomic E-state index is -0.213. The smallest absolute Gasteiger partial charge is 0.265 e. The average Bonchev–Trinajstić information content (AvgIpc) is 3.35. The van der Waals surface area contributed by atoms with E-state index >= 15 is 0 Å². The van der Waals surface area contributed by atoms with Gasteiger partial charge in [-0.3, -0.25) is 9.59 Å². The van der Waals surface area contributed by atoms with Crippen LogP contribution in [0.5, 0.6) is 5.75 Å². The van der Waals surface area contributed by atoms with Crippen LogP contribution in [0.15, 0.2) is 66.0 Å². The first-order valence-corrected chi connectivity index (χ1v) is 11.2. The fourth-order valence-corrected chi connectivity index (χ4v) is 4.47. The molecule has 0 bridgehead atoms. The molecule has 2 aromatic carbocycles. The first kappa shape index (κ1) is 20.9. The molecule has 0 radical (unpaired) electrons. The maximum atomic E-state index is 13.1. The molecule has 3 aromatic rings. The van der Waals surface area contributed by atoms with Gasteiger partial charge in [-0.05, 0) is 48.6 Å². The molecular weight excluding hydrogens is 410 g/mol. The number of hydrogen-bond donors (Lipinski definition) is 2. The van der Waals surface area contributed by atoms with Gasteiger partial charge in [-0.15, -0.1) is 11.3 Å². The van der Waals surface area contributed by atoms with E-state index in [0.29, 0.717) is 22.7 Å².